The van der Waals surface area contributed by atoms with E-state index in [0.717, 1.165) is 17.7 Å². The predicted molar refractivity (Wildman–Crippen MR) is 144 cm³/mol. The molecule has 36 heavy (non-hydrogen) atoms. The Morgan fingerprint density at radius 2 is 1.39 bits per heavy atom. The number of aromatic amines is 1. The lowest BCUT2D eigenvalue weighted by atomic mass is 9.82. The Bertz CT molecular complexity index is 926. The van der Waals surface area contributed by atoms with Crippen LogP contribution in [0.25, 0.3) is 0 Å². The second kappa shape index (κ2) is 11.4. The number of rotatable bonds is 4. The van der Waals surface area contributed by atoms with Gasteiger partial charge in [0.2, 0.25) is 0 Å². The second-order valence-electron chi connectivity index (χ2n) is 11.6. The van der Waals surface area contributed by atoms with Gasteiger partial charge in [-0.1, -0.05) is 0 Å². The average molecular weight is 504 g/mol. The maximum atomic E-state index is 6.05. The first-order chi connectivity index (χ1) is 16.4. The summed E-state index contributed by atoms with van der Waals surface area (Å²) < 4.78 is 30.7. The van der Waals surface area contributed by atoms with Crippen LogP contribution in [0.2, 0.25) is 0 Å². The van der Waals surface area contributed by atoms with Gasteiger partial charge in [0.1, 0.15) is 0 Å². The van der Waals surface area contributed by atoms with Crippen molar-refractivity contribution >= 4 is 20.0 Å². The van der Waals surface area contributed by atoms with Crippen LogP contribution in [0.4, 0.5) is 0 Å². The molecule has 0 atom stereocenters. The van der Waals surface area contributed by atoms with Crippen LogP contribution in [-0.4, -0.2) is 62.9 Å². The Balaban J connectivity index is 0.000000211. The Labute approximate surface area is 218 Å². The average Bonchev–Trinajstić information content (AvgIpc) is 3.42. The molecule has 0 aromatic carbocycles. The molecule has 0 amide bonds. The minimum absolute atomic E-state index is 0.120. The molecule has 2 fully saturated rings. The molecule has 2 aliphatic rings. The summed E-state index contributed by atoms with van der Waals surface area (Å²) in [6.07, 6.45) is 5.61. The first-order valence-corrected chi connectivity index (χ1v) is 12.8. The fourth-order valence-corrected chi connectivity index (χ4v) is 3.38. The lowest BCUT2D eigenvalue weighted by Crippen LogP contribution is -2.41. The quantitative estimate of drug-likeness (QED) is 0.624. The maximum Gasteiger partial charge on any atom is 0.640 e. The monoisotopic (exact) mass is 504 g/mol. The number of H-pyrrole nitrogens is 1. The molecule has 9 nitrogen and oxygen atoms in total. The highest BCUT2D eigenvalue weighted by molar-refractivity contribution is 6.61. The molecule has 2 aromatic heterocycles. The van der Waals surface area contributed by atoms with Gasteiger partial charge >= 0.3 is 14.4 Å². The molecule has 0 bridgehead atoms. The fraction of sp³-hybridized carbons (Fsp3) is 0.760. The highest BCUT2D eigenvalue weighted by atomic mass is 16.8. The summed E-state index contributed by atoms with van der Waals surface area (Å²) in [5.74, 6) is 0. The summed E-state index contributed by atoms with van der Waals surface area (Å²) >= 11 is 0. The lowest BCUT2D eigenvalue weighted by molar-refractivity contribution is 0.00578. The minimum Gasteiger partial charge on any atom is -0.398 e. The molecule has 2 aliphatic heterocycles. The van der Waals surface area contributed by atoms with Gasteiger partial charge in [-0.2, -0.15) is 10.2 Å². The Morgan fingerprint density at radius 1 is 0.889 bits per heavy atom. The topological polar surface area (TPSA) is 92.7 Å². The van der Waals surface area contributed by atoms with Gasteiger partial charge in [0.15, 0.2) is 0 Å². The van der Waals surface area contributed by atoms with Crippen molar-refractivity contribution in [1.29, 1.82) is 0 Å². The van der Waals surface area contributed by atoms with E-state index in [1.807, 2.05) is 72.5 Å². The molecule has 0 radical (unpaired) electrons. The van der Waals surface area contributed by atoms with Crippen molar-refractivity contribution in [3.05, 3.63) is 29.7 Å². The zero-order valence-corrected chi connectivity index (χ0v) is 24.6. The van der Waals surface area contributed by atoms with Crippen LogP contribution in [0.1, 0.15) is 87.3 Å². The van der Waals surface area contributed by atoms with Crippen molar-refractivity contribution in [2.75, 3.05) is 0 Å². The van der Waals surface area contributed by atoms with Crippen molar-refractivity contribution in [1.82, 2.24) is 20.0 Å². The lowest BCUT2D eigenvalue weighted by Gasteiger charge is -2.32. The second-order valence-corrected chi connectivity index (χ2v) is 11.6. The van der Waals surface area contributed by atoms with E-state index in [0.29, 0.717) is 0 Å². The molecule has 0 unspecified atom stereocenters. The number of nitrogens with zero attached hydrogens (tertiary/aromatic N) is 3. The SMILES string of the molecule is CC(C)OB1OC(C)(C)C(C)(C)O1.CCn1ncc(C)c1B1OC(C)(C)C(C)(C)O1.Cc1cn[nH]c1. The molecular weight excluding hydrogens is 458 g/mol. The highest BCUT2D eigenvalue weighted by Gasteiger charge is 2.54. The molecular formula is C25H46B2N4O5. The maximum absolute atomic E-state index is 6.05. The van der Waals surface area contributed by atoms with Gasteiger partial charge in [-0.3, -0.25) is 9.78 Å². The largest absolute Gasteiger partial charge is 0.640 e. The van der Waals surface area contributed by atoms with Crippen LogP contribution in [0.5, 0.6) is 0 Å². The number of aromatic nitrogens is 4. The molecule has 4 rings (SSSR count). The molecule has 0 aliphatic carbocycles. The van der Waals surface area contributed by atoms with E-state index in [2.05, 4.69) is 49.9 Å². The molecule has 2 aromatic rings. The summed E-state index contributed by atoms with van der Waals surface area (Å²) in [4.78, 5) is 0. The first kappa shape index (κ1) is 30.6. The van der Waals surface area contributed by atoms with E-state index < -0.39 is 7.32 Å². The van der Waals surface area contributed by atoms with Crippen LogP contribution in [0, 0.1) is 13.8 Å². The molecule has 2 saturated heterocycles. The van der Waals surface area contributed by atoms with Crippen LogP contribution in [-0.2, 0) is 29.8 Å². The standard InChI is InChI=1S/C12H21BN2O2.C9H19BO3.C4H6N2/c1-7-15-10(9(2)8-14-15)13-16-11(3,4)12(5,6)17-13;1-7(2)11-10-12-8(3,4)9(5,6)13-10;1-4-2-5-6-3-4/h8H,7H2,1-6H3;7H,1-6H3;2-3H,1H3,(H,5,6). The smallest absolute Gasteiger partial charge is 0.398 e. The summed E-state index contributed by atoms with van der Waals surface area (Å²) in [5.41, 5.74) is 2.13. The highest BCUT2D eigenvalue weighted by Crippen LogP contribution is 2.37. The van der Waals surface area contributed by atoms with E-state index in [4.69, 9.17) is 23.3 Å². The third-order valence-electron chi connectivity index (χ3n) is 7.10. The van der Waals surface area contributed by atoms with Gasteiger partial charge in [-0.15, -0.1) is 0 Å². The Hall–Kier alpha value is -1.65. The van der Waals surface area contributed by atoms with Crippen molar-refractivity contribution in [2.45, 2.75) is 125 Å². The Kier molecular flexibility index (Phi) is 9.67. The molecule has 1 N–H and O–H groups in total. The molecule has 4 heterocycles. The van der Waals surface area contributed by atoms with Gasteiger partial charge < -0.3 is 23.3 Å². The van der Waals surface area contributed by atoms with E-state index in [-0.39, 0.29) is 35.6 Å². The summed E-state index contributed by atoms with van der Waals surface area (Å²) in [7, 11) is -0.840. The van der Waals surface area contributed by atoms with Crippen molar-refractivity contribution in [2.24, 2.45) is 0 Å². The van der Waals surface area contributed by atoms with E-state index in [1.54, 1.807) is 6.20 Å². The van der Waals surface area contributed by atoms with Crippen molar-refractivity contribution in [3.8, 4) is 0 Å². The van der Waals surface area contributed by atoms with E-state index in [1.165, 1.54) is 5.56 Å². The number of nitrogens with one attached hydrogen (secondary N) is 1. The normalized spacial score (nSPS) is 21.2. The van der Waals surface area contributed by atoms with Crippen molar-refractivity contribution < 1.29 is 23.3 Å². The molecule has 0 spiro atoms. The van der Waals surface area contributed by atoms with Crippen molar-refractivity contribution in [3.63, 3.8) is 0 Å². The molecule has 11 heteroatoms. The van der Waals surface area contributed by atoms with Crippen LogP contribution in [0.15, 0.2) is 18.6 Å². The van der Waals surface area contributed by atoms with Crippen LogP contribution >= 0.6 is 0 Å². The van der Waals surface area contributed by atoms with Crippen LogP contribution in [0.3, 0.4) is 0 Å². The van der Waals surface area contributed by atoms with Crippen LogP contribution < -0.4 is 5.59 Å². The van der Waals surface area contributed by atoms with Gasteiger partial charge in [-0.05, 0) is 101 Å². The van der Waals surface area contributed by atoms with Gasteiger partial charge in [0.25, 0.3) is 0 Å². The number of hydrogen-bond acceptors (Lipinski definition) is 7. The fourth-order valence-electron chi connectivity index (χ4n) is 3.38. The van der Waals surface area contributed by atoms with Gasteiger partial charge in [-0.25, -0.2) is 0 Å². The third kappa shape index (κ3) is 7.22. The minimum atomic E-state index is -0.523. The summed E-state index contributed by atoms with van der Waals surface area (Å²) in [6, 6.07) is 0. The van der Waals surface area contributed by atoms with E-state index in [9.17, 15) is 0 Å². The summed E-state index contributed by atoms with van der Waals surface area (Å²) in [5, 5.41) is 10.7. The number of hydrogen-bond donors (Lipinski definition) is 1. The number of aryl methyl sites for hydroxylation is 3. The summed E-state index contributed by atoms with van der Waals surface area (Å²) in [6.45, 7) is 27.2. The molecule has 202 valence electrons. The predicted octanol–water partition coefficient (Wildman–Crippen LogP) is 4.23. The zero-order chi connectivity index (χ0) is 27.5. The first-order valence-electron chi connectivity index (χ1n) is 12.8. The van der Waals surface area contributed by atoms with Gasteiger partial charge in [0, 0.05) is 18.8 Å². The van der Waals surface area contributed by atoms with Gasteiger partial charge in [0.05, 0.1) is 40.4 Å². The molecule has 0 saturated carbocycles. The zero-order valence-electron chi connectivity index (χ0n) is 24.6. The Morgan fingerprint density at radius 3 is 1.75 bits per heavy atom. The third-order valence-corrected chi connectivity index (χ3v) is 7.10. The van der Waals surface area contributed by atoms with E-state index >= 15 is 0 Å².